The highest BCUT2D eigenvalue weighted by atomic mass is 15.3. The molecule has 4 nitrogen and oxygen atoms in total. The smallest absolute Gasteiger partial charge is 0.147 e. The maximum absolute atomic E-state index is 9.18. The highest BCUT2D eigenvalue weighted by Gasteiger charge is 2.31. The van der Waals surface area contributed by atoms with E-state index in [2.05, 4.69) is 29.8 Å². The van der Waals surface area contributed by atoms with Gasteiger partial charge in [-0.3, -0.25) is 0 Å². The van der Waals surface area contributed by atoms with Crippen molar-refractivity contribution in [2.24, 2.45) is 0 Å². The fraction of sp³-hybridized carbons (Fsp3) is 0.538. The Morgan fingerprint density at radius 1 is 1.59 bits per heavy atom. The lowest BCUT2D eigenvalue weighted by atomic mass is 10.1. The molecule has 2 N–H and O–H groups in total. The van der Waals surface area contributed by atoms with E-state index in [1.165, 1.54) is 6.42 Å². The lowest BCUT2D eigenvalue weighted by molar-refractivity contribution is 0.620. The molecular weight excluding hydrogens is 212 g/mol. The molecular formula is C13H18N4. The molecule has 17 heavy (non-hydrogen) atoms. The minimum absolute atomic E-state index is 0.447. The van der Waals surface area contributed by atoms with Gasteiger partial charge in [-0.15, -0.1) is 0 Å². The zero-order valence-electron chi connectivity index (χ0n) is 10.3. The Kier molecular flexibility index (Phi) is 3.19. The Labute approximate surface area is 102 Å². The average molecular weight is 230 g/mol. The van der Waals surface area contributed by atoms with Crippen molar-refractivity contribution in [1.29, 1.82) is 5.26 Å². The first kappa shape index (κ1) is 11.7. The molecule has 2 atom stereocenters. The largest absolute Gasteiger partial charge is 0.397 e. The summed E-state index contributed by atoms with van der Waals surface area (Å²) in [6.07, 6.45) is 5.05. The van der Waals surface area contributed by atoms with Crippen LogP contribution in [0.15, 0.2) is 12.3 Å². The van der Waals surface area contributed by atoms with Gasteiger partial charge in [0.25, 0.3) is 0 Å². The first-order valence-electron chi connectivity index (χ1n) is 6.11. The Balaban J connectivity index is 2.42. The first-order valence-corrected chi connectivity index (χ1v) is 6.11. The van der Waals surface area contributed by atoms with Crippen LogP contribution in [0.1, 0.15) is 38.7 Å². The molecule has 0 amide bonds. The highest BCUT2D eigenvalue weighted by molar-refractivity contribution is 5.60. The van der Waals surface area contributed by atoms with Crippen molar-refractivity contribution >= 4 is 11.5 Å². The van der Waals surface area contributed by atoms with Crippen molar-refractivity contribution in [2.75, 3.05) is 10.6 Å². The van der Waals surface area contributed by atoms with Crippen LogP contribution in [-0.2, 0) is 0 Å². The van der Waals surface area contributed by atoms with Gasteiger partial charge in [-0.2, -0.15) is 5.26 Å². The summed E-state index contributed by atoms with van der Waals surface area (Å²) in [4.78, 5) is 6.63. The summed E-state index contributed by atoms with van der Waals surface area (Å²) in [6, 6.07) is 4.84. The van der Waals surface area contributed by atoms with Crippen molar-refractivity contribution in [1.82, 2.24) is 4.98 Å². The van der Waals surface area contributed by atoms with Crippen molar-refractivity contribution in [2.45, 2.75) is 45.2 Å². The molecule has 1 aromatic rings. The number of hydrogen-bond donors (Lipinski definition) is 1. The molecule has 2 heterocycles. The summed E-state index contributed by atoms with van der Waals surface area (Å²) in [5.74, 6) is 0.790. The standard InChI is InChI=1S/C13H18N4/c1-3-12-5-4-9(2)17(12)13-10(7-14)6-11(15)8-16-13/h6,8-9,12H,3-5,15H2,1-2H3. The molecule has 0 radical (unpaired) electrons. The summed E-state index contributed by atoms with van der Waals surface area (Å²) in [7, 11) is 0. The number of hydrogen-bond acceptors (Lipinski definition) is 4. The molecule has 1 fully saturated rings. The van der Waals surface area contributed by atoms with Gasteiger partial charge in [0, 0.05) is 12.1 Å². The van der Waals surface area contributed by atoms with E-state index in [0.717, 1.165) is 18.7 Å². The normalized spacial score (nSPS) is 23.7. The van der Waals surface area contributed by atoms with Crippen LogP contribution in [-0.4, -0.2) is 17.1 Å². The number of anilines is 2. The summed E-state index contributed by atoms with van der Waals surface area (Å²) >= 11 is 0. The van der Waals surface area contributed by atoms with Gasteiger partial charge in [0.2, 0.25) is 0 Å². The molecule has 2 unspecified atom stereocenters. The molecule has 0 saturated carbocycles. The summed E-state index contributed by atoms with van der Waals surface area (Å²) in [6.45, 7) is 4.37. The van der Waals surface area contributed by atoms with Crippen molar-refractivity contribution in [3.63, 3.8) is 0 Å². The van der Waals surface area contributed by atoms with Crippen LogP contribution in [0.2, 0.25) is 0 Å². The van der Waals surface area contributed by atoms with Crippen LogP contribution in [0.5, 0.6) is 0 Å². The molecule has 1 aromatic heterocycles. The van der Waals surface area contributed by atoms with Gasteiger partial charge in [-0.1, -0.05) is 6.92 Å². The second kappa shape index (κ2) is 4.62. The van der Waals surface area contributed by atoms with E-state index in [4.69, 9.17) is 5.73 Å². The first-order chi connectivity index (χ1) is 8.17. The Morgan fingerprint density at radius 2 is 2.35 bits per heavy atom. The van der Waals surface area contributed by atoms with Gasteiger partial charge < -0.3 is 10.6 Å². The lowest BCUT2D eigenvalue weighted by Gasteiger charge is -2.29. The van der Waals surface area contributed by atoms with E-state index in [1.54, 1.807) is 12.3 Å². The minimum Gasteiger partial charge on any atom is -0.397 e. The predicted octanol–water partition coefficient (Wildman–Crippen LogP) is 2.30. The van der Waals surface area contributed by atoms with Crippen LogP contribution in [0.3, 0.4) is 0 Å². The lowest BCUT2D eigenvalue weighted by Crippen LogP contribution is -2.35. The predicted molar refractivity (Wildman–Crippen MR) is 68.6 cm³/mol. The number of nitrogens with two attached hydrogens (primary N) is 1. The number of pyridine rings is 1. The number of nitrogens with zero attached hydrogens (tertiary/aromatic N) is 3. The van der Waals surface area contributed by atoms with Gasteiger partial charge in [0.15, 0.2) is 0 Å². The third-order valence-electron chi connectivity index (χ3n) is 3.51. The highest BCUT2D eigenvalue weighted by Crippen LogP contribution is 2.32. The molecule has 4 heteroatoms. The van der Waals surface area contributed by atoms with E-state index in [0.29, 0.717) is 23.3 Å². The zero-order valence-corrected chi connectivity index (χ0v) is 10.3. The Hall–Kier alpha value is -1.76. The van der Waals surface area contributed by atoms with Crippen LogP contribution in [0.4, 0.5) is 11.5 Å². The second-order valence-corrected chi connectivity index (χ2v) is 4.65. The van der Waals surface area contributed by atoms with Gasteiger partial charge in [-0.05, 0) is 32.3 Å². The van der Waals surface area contributed by atoms with Gasteiger partial charge in [0.05, 0.1) is 17.4 Å². The van der Waals surface area contributed by atoms with E-state index >= 15 is 0 Å². The molecule has 1 aliphatic rings. The van der Waals surface area contributed by atoms with Crippen LogP contribution < -0.4 is 10.6 Å². The van der Waals surface area contributed by atoms with E-state index in [1.807, 2.05) is 0 Å². The fourth-order valence-electron chi connectivity index (χ4n) is 2.62. The van der Waals surface area contributed by atoms with Crippen LogP contribution in [0.25, 0.3) is 0 Å². The van der Waals surface area contributed by atoms with E-state index in [-0.39, 0.29) is 0 Å². The van der Waals surface area contributed by atoms with Crippen LogP contribution in [0, 0.1) is 11.3 Å². The Morgan fingerprint density at radius 3 is 3.00 bits per heavy atom. The maximum Gasteiger partial charge on any atom is 0.147 e. The molecule has 1 saturated heterocycles. The van der Waals surface area contributed by atoms with E-state index < -0.39 is 0 Å². The molecule has 1 aliphatic heterocycles. The van der Waals surface area contributed by atoms with E-state index in [9.17, 15) is 5.26 Å². The SMILES string of the molecule is CCC1CCC(C)N1c1ncc(N)cc1C#N. The van der Waals surface area contributed by atoms with Gasteiger partial charge in [-0.25, -0.2) is 4.98 Å². The summed E-state index contributed by atoms with van der Waals surface area (Å²) < 4.78 is 0. The monoisotopic (exact) mass is 230 g/mol. The minimum atomic E-state index is 0.447. The molecule has 0 aliphatic carbocycles. The number of nitriles is 1. The van der Waals surface area contributed by atoms with Crippen molar-refractivity contribution in [3.05, 3.63) is 17.8 Å². The number of nitrogen functional groups attached to an aromatic ring is 1. The molecule has 0 spiro atoms. The summed E-state index contributed by atoms with van der Waals surface area (Å²) in [5.41, 5.74) is 6.80. The molecule has 0 bridgehead atoms. The van der Waals surface area contributed by atoms with Crippen LogP contribution >= 0.6 is 0 Å². The Bertz CT molecular complexity index is 449. The van der Waals surface area contributed by atoms with Crippen molar-refractivity contribution in [3.8, 4) is 6.07 Å². The fourth-order valence-corrected chi connectivity index (χ4v) is 2.62. The third kappa shape index (κ3) is 2.05. The molecule has 2 rings (SSSR count). The summed E-state index contributed by atoms with van der Waals surface area (Å²) in [5, 5.41) is 9.18. The number of aromatic nitrogens is 1. The van der Waals surface area contributed by atoms with Gasteiger partial charge >= 0.3 is 0 Å². The topological polar surface area (TPSA) is 65.9 Å². The van der Waals surface area contributed by atoms with Crippen molar-refractivity contribution < 1.29 is 0 Å². The third-order valence-corrected chi connectivity index (χ3v) is 3.51. The zero-order chi connectivity index (χ0) is 12.4. The second-order valence-electron chi connectivity index (χ2n) is 4.65. The number of rotatable bonds is 2. The maximum atomic E-state index is 9.18. The molecule has 0 aromatic carbocycles. The van der Waals surface area contributed by atoms with Gasteiger partial charge in [0.1, 0.15) is 11.9 Å². The average Bonchev–Trinajstić information content (AvgIpc) is 2.70. The molecule has 90 valence electrons. The quantitative estimate of drug-likeness (QED) is 0.846.